The Morgan fingerprint density at radius 1 is 1.17 bits per heavy atom. The van der Waals surface area contributed by atoms with Gasteiger partial charge in [-0.3, -0.25) is 14.6 Å². The quantitative estimate of drug-likeness (QED) is 0.593. The molecule has 4 rings (SSSR count). The van der Waals surface area contributed by atoms with Crippen molar-refractivity contribution in [2.45, 2.75) is 31.6 Å². The number of ether oxygens (including phenoxy) is 2. The number of hydrogen-bond donors (Lipinski definition) is 1. The first-order valence-electron chi connectivity index (χ1n) is 11.6. The molecule has 1 saturated heterocycles. The molecule has 1 fully saturated rings. The standard InChI is InChI=1S/C25H29N5O5/c1-33-19-7-8-20(21(15-19)34-2)25(32)30-13-4-6-17(9-12-27-22(31)10-14-30)24-28-23(29-35-24)18-5-3-11-26-16-18/h3,5,7-8,11,15-17H,4,6,9-10,12-14H2,1-2H3,(H,27,31). The van der Waals surface area contributed by atoms with Crippen LogP contribution in [0.3, 0.4) is 0 Å². The Labute approximate surface area is 203 Å². The zero-order valence-electron chi connectivity index (χ0n) is 19.9. The lowest BCUT2D eigenvalue weighted by Crippen LogP contribution is -2.36. The van der Waals surface area contributed by atoms with E-state index in [0.717, 1.165) is 12.0 Å². The lowest BCUT2D eigenvalue weighted by Gasteiger charge is -2.24. The predicted octanol–water partition coefficient (Wildman–Crippen LogP) is 3.07. The number of methoxy groups -OCH3 is 2. The van der Waals surface area contributed by atoms with Crippen molar-refractivity contribution >= 4 is 11.8 Å². The van der Waals surface area contributed by atoms with Crippen molar-refractivity contribution in [1.82, 2.24) is 25.3 Å². The molecule has 0 bridgehead atoms. The zero-order chi connectivity index (χ0) is 24.6. The Kier molecular flexibility index (Phi) is 7.92. The normalized spacial score (nSPS) is 17.3. The summed E-state index contributed by atoms with van der Waals surface area (Å²) in [5, 5.41) is 7.04. The van der Waals surface area contributed by atoms with Crippen molar-refractivity contribution in [3.63, 3.8) is 0 Å². The Morgan fingerprint density at radius 2 is 2.06 bits per heavy atom. The van der Waals surface area contributed by atoms with Gasteiger partial charge in [0, 0.05) is 56.0 Å². The van der Waals surface area contributed by atoms with Crippen LogP contribution in [0.5, 0.6) is 11.5 Å². The van der Waals surface area contributed by atoms with E-state index in [9.17, 15) is 9.59 Å². The smallest absolute Gasteiger partial charge is 0.257 e. The molecule has 1 aliphatic rings. The van der Waals surface area contributed by atoms with E-state index in [1.807, 2.05) is 12.1 Å². The summed E-state index contributed by atoms with van der Waals surface area (Å²) >= 11 is 0. The van der Waals surface area contributed by atoms with Crippen LogP contribution in [0.1, 0.15) is 47.8 Å². The van der Waals surface area contributed by atoms with Crippen molar-refractivity contribution in [2.24, 2.45) is 0 Å². The number of amides is 2. The number of nitrogens with one attached hydrogen (secondary N) is 1. The molecule has 10 nitrogen and oxygen atoms in total. The summed E-state index contributed by atoms with van der Waals surface area (Å²) in [4.78, 5) is 36.2. The van der Waals surface area contributed by atoms with Gasteiger partial charge in [0.25, 0.3) is 5.91 Å². The molecule has 0 aliphatic carbocycles. The van der Waals surface area contributed by atoms with Crippen LogP contribution in [0.25, 0.3) is 11.4 Å². The van der Waals surface area contributed by atoms with Gasteiger partial charge in [0.2, 0.25) is 17.6 Å². The van der Waals surface area contributed by atoms with Crippen LogP contribution in [0, 0.1) is 0 Å². The molecule has 184 valence electrons. The first kappa shape index (κ1) is 24.2. The minimum Gasteiger partial charge on any atom is -0.497 e. The van der Waals surface area contributed by atoms with E-state index < -0.39 is 0 Å². The SMILES string of the molecule is COc1ccc(C(=O)N2CCCC(c3nc(-c4cccnc4)no3)CCNC(=O)CC2)c(OC)c1. The fraction of sp³-hybridized carbons (Fsp3) is 0.400. The summed E-state index contributed by atoms with van der Waals surface area (Å²) in [6.07, 6.45) is 5.71. The first-order valence-corrected chi connectivity index (χ1v) is 11.6. The Bertz CT molecular complexity index is 1150. The number of pyridine rings is 1. The summed E-state index contributed by atoms with van der Waals surface area (Å²) in [5.74, 6) is 1.69. The number of nitrogens with zero attached hydrogens (tertiary/aromatic N) is 4. The monoisotopic (exact) mass is 479 g/mol. The highest BCUT2D eigenvalue weighted by Crippen LogP contribution is 2.28. The van der Waals surface area contributed by atoms with Crippen molar-refractivity contribution in [3.05, 3.63) is 54.2 Å². The van der Waals surface area contributed by atoms with Crippen LogP contribution < -0.4 is 14.8 Å². The molecule has 0 radical (unpaired) electrons. The largest absolute Gasteiger partial charge is 0.497 e. The summed E-state index contributed by atoms with van der Waals surface area (Å²) in [7, 11) is 3.07. The van der Waals surface area contributed by atoms with Crippen molar-refractivity contribution in [1.29, 1.82) is 0 Å². The second-order valence-electron chi connectivity index (χ2n) is 8.28. The highest BCUT2D eigenvalue weighted by atomic mass is 16.5. The third-order valence-electron chi connectivity index (χ3n) is 6.04. The molecule has 0 spiro atoms. The number of aromatic nitrogens is 3. The van der Waals surface area contributed by atoms with Crippen LogP contribution in [0.15, 0.2) is 47.2 Å². The lowest BCUT2D eigenvalue weighted by atomic mass is 9.99. The third kappa shape index (κ3) is 5.95. The minimum absolute atomic E-state index is 0.0428. The minimum atomic E-state index is -0.190. The van der Waals surface area contributed by atoms with Gasteiger partial charge in [0.05, 0.1) is 19.8 Å². The summed E-state index contributed by atoms with van der Waals surface area (Å²) < 4.78 is 16.2. The molecular formula is C25H29N5O5. The molecular weight excluding hydrogens is 450 g/mol. The predicted molar refractivity (Wildman–Crippen MR) is 127 cm³/mol. The second-order valence-corrected chi connectivity index (χ2v) is 8.28. The van der Waals surface area contributed by atoms with Gasteiger partial charge in [-0.1, -0.05) is 5.16 Å². The number of hydrogen-bond acceptors (Lipinski definition) is 8. The van der Waals surface area contributed by atoms with Crippen molar-refractivity contribution in [3.8, 4) is 22.9 Å². The molecule has 1 aliphatic heterocycles. The maximum Gasteiger partial charge on any atom is 0.257 e. The molecule has 10 heteroatoms. The molecule has 2 amide bonds. The van der Waals surface area contributed by atoms with E-state index in [1.54, 1.807) is 42.6 Å². The maximum absolute atomic E-state index is 13.4. The number of benzene rings is 1. The van der Waals surface area contributed by atoms with Gasteiger partial charge < -0.3 is 24.2 Å². The fourth-order valence-corrected chi connectivity index (χ4v) is 4.10. The van der Waals surface area contributed by atoms with Crippen LogP contribution in [0.2, 0.25) is 0 Å². The molecule has 0 saturated carbocycles. The van der Waals surface area contributed by atoms with E-state index in [2.05, 4.69) is 20.4 Å². The second kappa shape index (κ2) is 11.5. The van der Waals surface area contributed by atoms with Gasteiger partial charge in [-0.25, -0.2) is 0 Å². The summed E-state index contributed by atoms with van der Waals surface area (Å²) in [6, 6.07) is 8.78. The molecule has 1 aromatic carbocycles. The number of carbonyl (C=O) groups excluding carboxylic acids is 2. The Morgan fingerprint density at radius 3 is 2.83 bits per heavy atom. The van der Waals surface area contributed by atoms with Gasteiger partial charge >= 0.3 is 0 Å². The van der Waals surface area contributed by atoms with E-state index in [4.69, 9.17) is 14.0 Å². The molecule has 3 aromatic rings. The van der Waals surface area contributed by atoms with E-state index in [1.165, 1.54) is 7.11 Å². The van der Waals surface area contributed by atoms with Gasteiger partial charge in [0.1, 0.15) is 11.5 Å². The number of carbonyl (C=O) groups is 2. The van der Waals surface area contributed by atoms with Crippen LogP contribution >= 0.6 is 0 Å². The van der Waals surface area contributed by atoms with E-state index >= 15 is 0 Å². The third-order valence-corrected chi connectivity index (χ3v) is 6.04. The lowest BCUT2D eigenvalue weighted by molar-refractivity contribution is -0.121. The highest BCUT2D eigenvalue weighted by Gasteiger charge is 2.25. The number of rotatable bonds is 5. The van der Waals surface area contributed by atoms with E-state index in [0.29, 0.717) is 61.3 Å². The first-order chi connectivity index (χ1) is 17.1. The van der Waals surface area contributed by atoms with Crippen LogP contribution in [-0.2, 0) is 4.79 Å². The summed E-state index contributed by atoms with van der Waals surface area (Å²) in [6.45, 7) is 1.30. The Balaban J connectivity index is 1.50. The molecule has 1 atom stereocenters. The van der Waals surface area contributed by atoms with Crippen molar-refractivity contribution < 1.29 is 23.6 Å². The van der Waals surface area contributed by atoms with Gasteiger partial charge in [-0.15, -0.1) is 0 Å². The van der Waals surface area contributed by atoms with Crippen LogP contribution in [-0.4, -0.2) is 65.7 Å². The van der Waals surface area contributed by atoms with E-state index in [-0.39, 0.29) is 24.2 Å². The summed E-state index contributed by atoms with van der Waals surface area (Å²) in [5.41, 5.74) is 1.20. The molecule has 2 aromatic heterocycles. The highest BCUT2D eigenvalue weighted by molar-refractivity contribution is 5.97. The fourth-order valence-electron chi connectivity index (χ4n) is 4.10. The molecule has 35 heavy (non-hydrogen) atoms. The zero-order valence-corrected chi connectivity index (χ0v) is 19.9. The van der Waals surface area contributed by atoms with Gasteiger partial charge in [-0.2, -0.15) is 4.98 Å². The average Bonchev–Trinajstić information content (AvgIpc) is 3.38. The maximum atomic E-state index is 13.4. The average molecular weight is 480 g/mol. The molecule has 1 unspecified atom stereocenters. The molecule has 3 heterocycles. The Hall–Kier alpha value is -3.95. The van der Waals surface area contributed by atoms with Crippen molar-refractivity contribution in [2.75, 3.05) is 33.9 Å². The molecule has 1 N–H and O–H groups in total. The van der Waals surface area contributed by atoms with Gasteiger partial charge in [-0.05, 0) is 43.5 Å². The van der Waals surface area contributed by atoms with Gasteiger partial charge in [0.15, 0.2) is 0 Å². The van der Waals surface area contributed by atoms with Crippen LogP contribution in [0.4, 0.5) is 0 Å². The topological polar surface area (TPSA) is 120 Å².